The Labute approximate surface area is 126 Å². The van der Waals surface area contributed by atoms with Gasteiger partial charge >= 0.3 is 0 Å². The Kier molecular flexibility index (Phi) is 3.76. The fourth-order valence-corrected chi connectivity index (χ4v) is 2.74. The first-order chi connectivity index (χ1) is 10.1. The standard InChI is InChI=1S/C20H21N/c1-20(21,14-13-16-7-3-2-4-8-16)19-12-11-17-9-5-6-10-18(17)15-19/h2-12,15H,13-14,21H2,1H3. The molecule has 3 rings (SSSR count). The summed E-state index contributed by atoms with van der Waals surface area (Å²) in [6.45, 7) is 2.13. The molecule has 106 valence electrons. The third kappa shape index (κ3) is 3.14. The van der Waals surface area contributed by atoms with Gasteiger partial charge < -0.3 is 5.73 Å². The number of fused-ring (bicyclic) bond motifs is 1. The van der Waals surface area contributed by atoms with Gasteiger partial charge in [0.2, 0.25) is 0 Å². The van der Waals surface area contributed by atoms with Gasteiger partial charge in [-0.1, -0.05) is 66.7 Å². The van der Waals surface area contributed by atoms with Crippen LogP contribution < -0.4 is 5.73 Å². The summed E-state index contributed by atoms with van der Waals surface area (Å²) < 4.78 is 0. The van der Waals surface area contributed by atoms with E-state index in [1.165, 1.54) is 21.9 Å². The van der Waals surface area contributed by atoms with E-state index in [1.54, 1.807) is 0 Å². The highest BCUT2D eigenvalue weighted by atomic mass is 14.7. The van der Waals surface area contributed by atoms with Crippen LogP contribution in [0.5, 0.6) is 0 Å². The van der Waals surface area contributed by atoms with Crippen molar-refractivity contribution in [2.24, 2.45) is 5.73 Å². The van der Waals surface area contributed by atoms with Crippen LogP contribution in [0.2, 0.25) is 0 Å². The minimum absolute atomic E-state index is 0.306. The second-order valence-corrected chi connectivity index (χ2v) is 5.96. The highest BCUT2D eigenvalue weighted by Crippen LogP contribution is 2.27. The zero-order valence-corrected chi connectivity index (χ0v) is 12.4. The fraction of sp³-hybridized carbons (Fsp3) is 0.200. The summed E-state index contributed by atoms with van der Waals surface area (Å²) in [5.41, 5.74) is 8.82. The van der Waals surface area contributed by atoms with Gasteiger partial charge in [-0.25, -0.2) is 0 Å². The topological polar surface area (TPSA) is 26.0 Å². The van der Waals surface area contributed by atoms with Gasteiger partial charge in [-0.05, 0) is 47.7 Å². The first kappa shape index (κ1) is 13.8. The van der Waals surface area contributed by atoms with Gasteiger partial charge in [0.1, 0.15) is 0 Å². The summed E-state index contributed by atoms with van der Waals surface area (Å²) in [5.74, 6) is 0. The molecule has 1 nitrogen and oxygen atoms in total. The lowest BCUT2D eigenvalue weighted by atomic mass is 9.86. The second-order valence-electron chi connectivity index (χ2n) is 5.96. The van der Waals surface area contributed by atoms with Crippen LogP contribution in [0.3, 0.4) is 0 Å². The molecule has 1 heteroatoms. The summed E-state index contributed by atoms with van der Waals surface area (Å²) in [7, 11) is 0. The SMILES string of the molecule is CC(N)(CCc1ccccc1)c1ccc2ccccc2c1. The van der Waals surface area contributed by atoms with Crippen molar-refractivity contribution in [3.8, 4) is 0 Å². The van der Waals surface area contributed by atoms with Gasteiger partial charge in [0.15, 0.2) is 0 Å². The van der Waals surface area contributed by atoms with Crippen LogP contribution in [0.25, 0.3) is 10.8 Å². The van der Waals surface area contributed by atoms with Crippen LogP contribution in [0.4, 0.5) is 0 Å². The van der Waals surface area contributed by atoms with Gasteiger partial charge in [0.05, 0.1) is 0 Å². The van der Waals surface area contributed by atoms with Gasteiger partial charge in [0, 0.05) is 5.54 Å². The lowest BCUT2D eigenvalue weighted by Crippen LogP contribution is -2.33. The molecule has 0 aliphatic rings. The Morgan fingerprint density at radius 3 is 2.24 bits per heavy atom. The van der Waals surface area contributed by atoms with Gasteiger partial charge in [0.25, 0.3) is 0 Å². The van der Waals surface area contributed by atoms with E-state index in [0.717, 1.165) is 12.8 Å². The molecular weight excluding hydrogens is 254 g/mol. The van der Waals surface area contributed by atoms with Crippen molar-refractivity contribution < 1.29 is 0 Å². The molecule has 0 saturated carbocycles. The average Bonchev–Trinajstić information content (AvgIpc) is 2.53. The molecular formula is C20H21N. The number of hydrogen-bond donors (Lipinski definition) is 1. The largest absolute Gasteiger partial charge is 0.322 e. The van der Waals surface area contributed by atoms with Crippen molar-refractivity contribution in [2.75, 3.05) is 0 Å². The number of rotatable bonds is 4. The van der Waals surface area contributed by atoms with E-state index in [0.29, 0.717) is 0 Å². The summed E-state index contributed by atoms with van der Waals surface area (Å²) in [4.78, 5) is 0. The second kappa shape index (κ2) is 5.71. The highest BCUT2D eigenvalue weighted by molar-refractivity contribution is 5.83. The van der Waals surface area contributed by atoms with E-state index in [-0.39, 0.29) is 5.54 Å². The maximum Gasteiger partial charge on any atom is 0.0384 e. The molecule has 0 aliphatic carbocycles. The Bertz CT molecular complexity index is 729. The maximum atomic E-state index is 6.58. The maximum absolute atomic E-state index is 6.58. The van der Waals surface area contributed by atoms with Gasteiger partial charge in [-0.2, -0.15) is 0 Å². The summed E-state index contributed by atoms with van der Waals surface area (Å²) in [6, 6.07) is 25.5. The lowest BCUT2D eigenvalue weighted by Gasteiger charge is -2.26. The molecule has 0 spiro atoms. The zero-order valence-electron chi connectivity index (χ0n) is 12.4. The zero-order chi connectivity index (χ0) is 14.7. The molecule has 0 heterocycles. The van der Waals surface area contributed by atoms with Crippen molar-refractivity contribution in [3.63, 3.8) is 0 Å². The quantitative estimate of drug-likeness (QED) is 0.737. The van der Waals surface area contributed by atoms with Crippen molar-refractivity contribution in [1.29, 1.82) is 0 Å². The van der Waals surface area contributed by atoms with E-state index in [2.05, 4.69) is 79.7 Å². The van der Waals surface area contributed by atoms with Crippen LogP contribution in [-0.2, 0) is 12.0 Å². The van der Waals surface area contributed by atoms with Crippen LogP contribution in [0, 0.1) is 0 Å². The molecule has 0 amide bonds. The molecule has 2 N–H and O–H groups in total. The Hall–Kier alpha value is -2.12. The molecule has 1 atom stereocenters. The molecule has 0 aliphatic heterocycles. The molecule has 0 radical (unpaired) electrons. The van der Waals surface area contributed by atoms with E-state index in [4.69, 9.17) is 5.73 Å². The monoisotopic (exact) mass is 275 g/mol. The van der Waals surface area contributed by atoms with Gasteiger partial charge in [-0.15, -0.1) is 0 Å². The summed E-state index contributed by atoms with van der Waals surface area (Å²) in [6.07, 6.45) is 1.94. The van der Waals surface area contributed by atoms with E-state index in [9.17, 15) is 0 Å². The first-order valence-electron chi connectivity index (χ1n) is 7.47. The molecule has 1 unspecified atom stereocenters. The average molecular weight is 275 g/mol. The summed E-state index contributed by atoms with van der Waals surface area (Å²) >= 11 is 0. The van der Waals surface area contributed by atoms with Crippen LogP contribution in [0.15, 0.2) is 72.8 Å². The first-order valence-corrected chi connectivity index (χ1v) is 7.47. The van der Waals surface area contributed by atoms with Crippen molar-refractivity contribution in [3.05, 3.63) is 83.9 Å². The number of benzene rings is 3. The van der Waals surface area contributed by atoms with E-state index < -0.39 is 0 Å². The van der Waals surface area contributed by atoms with Crippen molar-refractivity contribution in [2.45, 2.75) is 25.3 Å². The van der Waals surface area contributed by atoms with Gasteiger partial charge in [-0.3, -0.25) is 0 Å². The van der Waals surface area contributed by atoms with Crippen LogP contribution >= 0.6 is 0 Å². The third-order valence-corrected chi connectivity index (χ3v) is 4.18. The minimum Gasteiger partial charge on any atom is -0.322 e. The van der Waals surface area contributed by atoms with Crippen molar-refractivity contribution in [1.82, 2.24) is 0 Å². The molecule has 3 aromatic carbocycles. The summed E-state index contributed by atoms with van der Waals surface area (Å²) in [5, 5.41) is 2.52. The molecule has 0 fully saturated rings. The van der Waals surface area contributed by atoms with Crippen LogP contribution in [0.1, 0.15) is 24.5 Å². The number of aryl methyl sites for hydroxylation is 1. The predicted octanol–water partition coefficient (Wildman–Crippen LogP) is 4.65. The molecule has 0 saturated heterocycles. The van der Waals surface area contributed by atoms with E-state index in [1.807, 2.05) is 0 Å². The smallest absolute Gasteiger partial charge is 0.0384 e. The lowest BCUT2D eigenvalue weighted by molar-refractivity contribution is 0.453. The Morgan fingerprint density at radius 2 is 1.48 bits per heavy atom. The Morgan fingerprint density at radius 1 is 0.810 bits per heavy atom. The van der Waals surface area contributed by atoms with E-state index >= 15 is 0 Å². The molecule has 0 bridgehead atoms. The normalized spacial score (nSPS) is 14.0. The van der Waals surface area contributed by atoms with Crippen LogP contribution in [-0.4, -0.2) is 0 Å². The molecule has 3 aromatic rings. The highest BCUT2D eigenvalue weighted by Gasteiger charge is 2.21. The molecule has 21 heavy (non-hydrogen) atoms. The number of hydrogen-bond acceptors (Lipinski definition) is 1. The predicted molar refractivity (Wildman–Crippen MR) is 90.3 cm³/mol. The third-order valence-electron chi connectivity index (χ3n) is 4.18. The van der Waals surface area contributed by atoms with Crippen molar-refractivity contribution >= 4 is 10.8 Å². The number of nitrogens with two attached hydrogens (primary N) is 1. The Balaban J connectivity index is 1.82. The molecule has 0 aromatic heterocycles. The minimum atomic E-state index is -0.306. The fourth-order valence-electron chi connectivity index (χ4n) is 2.74.